The number of rotatable bonds is 10. The van der Waals surface area contributed by atoms with Crippen LogP contribution in [0.15, 0.2) is 65.8 Å². The van der Waals surface area contributed by atoms with E-state index >= 15 is 0 Å². The Morgan fingerprint density at radius 1 is 0.969 bits per heavy atom. The van der Waals surface area contributed by atoms with Gasteiger partial charge in [0.2, 0.25) is 0 Å². The topological polar surface area (TPSA) is 111 Å². The van der Waals surface area contributed by atoms with Crippen LogP contribution in [0.2, 0.25) is 0 Å². The Balaban J connectivity index is 1.91. The van der Waals surface area contributed by atoms with E-state index in [1.165, 1.54) is 0 Å². The molecule has 0 aromatic heterocycles. The molecule has 172 valence electrons. The first kappa shape index (κ1) is 24.9. The molecule has 3 rings (SSSR count). The zero-order chi connectivity index (χ0) is 23.0. The molecular formula is C22H26IN3O5S. The van der Waals surface area contributed by atoms with Gasteiger partial charge in [-0.2, -0.15) is 8.42 Å². The van der Waals surface area contributed by atoms with Crippen molar-refractivity contribution >= 4 is 32.7 Å². The van der Waals surface area contributed by atoms with E-state index < -0.39 is 34.5 Å². The predicted octanol–water partition coefficient (Wildman–Crippen LogP) is 4.64. The van der Waals surface area contributed by atoms with Gasteiger partial charge in [-0.15, -0.1) is 0 Å². The van der Waals surface area contributed by atoms with Crippen molar-refractivity contribution in [3.63, 3.8) is 0 Å². The number of hydrogen-bond acceptors (Lipinski definition) is 6. The first-order valence-electron chi connectivity index (χ1n) is 10.2. The molecule has 5 atom stereocenters. The minimum atomic E-state index is -3.75. The maximum absolute atomic E-state index is 12.1. The van der Waals surface area contributed by atoms with Gasteiger partial charge >= 0.3 is 0 Å². The van der Waals surface area contributed by atoms with E-state index in [1.807, 2.05) is 60.7 Å². The maximum atomic E-state index is 12.1. The van der Waals surface area contributed by atoms with Crippen molar-refractivity contribution in [2.24, 2.45) is 11.0 Å². The van der Waals surface area contributed by atoms with Gasteiger partial charge in [0, 0.05) is 9.34 Å². The van der Waals surface area contributed by atoms with E-state index in [4.69, 9.17) is 19.2 Å². The fourth-order valence-electron chi connectivity index (χ4n) is 3.85. The van der Waals surface area contributed by atoms with Crippen LogP contribution in [-0.2, 0) is 37.0 Å². The summed E-state index contributed by atoms with van der Waals surface area (Å²) in [6, 6.07) is 18.7. The lowest BCUT2D eigenvalue weighted by Gasteiger charge is -2.44. The van der Waals surface area contributed by atoms with Crippen LogP contribution >= 0.6 is 22.6 Å². The molecule has 0 spiro atoms. The van der Waals surface area contributed by atoms with Crippen molar-refractivity contribution < 1.29 is 22.1 Å². The summed E-state index contributed by atoms with van der Waals surface area (Å²) in [5, 5.41) is 3.98. The van der Waals surface area contributed by atoms with Crippen molar-refractivity contribution in [1.82, 2.24) is 0 Å². The highest BCUT2D eigenvalue weighted by atomic mass is 127. The van der Waals surface area contributed by atoms with E-state index in [0.29, 0.717) is 10.8 Å². The maximum Gasteiger partial charge on any atom is 0.264 e. The lowest BCUT2D eigenvalue weighted by atomic mass is 9.80. The van der Waals surface area contributed by atoms with Crippen molar-refractivity contribution in [2.45, 2.75) is 44.0 Å². The highest BCUT2D eigenvalue weighted by Gasteiger charge is 2.48. The minimum Gasteiger partial charge on any atom is -0.370 e. The quantitative estimate of drug-likeness (QED) is 0.103. The molecule has 10 heteroatoms. The smallest absolute Gasteiger partial charge is 0.264 e. The van der Waals surface area contributed by atoms with Crippen molar-refractivity contribution in [3.8, 4) is 0 Å². The van der Waals surface area contributed by atoms with Crippen molar-refractivity contribution in [2.75, 3.05) is 10.7 Å². The molecule has 0 aliphatic heterocycles. The first-order valence-corrected chi connectivity index (χ1v) is 13.5. The average Bonchev–Trinajstić information content (AvgIpc) is 2.78. The molecule has 0 saturated heterocycles. The second-order valence-electron chi connectivity index (χ2n) is 7.71. The largest absolute Gasteiger partial charge is 0.370 e. The molecule has 8 nitrogen and oxygen atoms in total. The fourth-order valence-corrected chi connectivity index (χ4v) is 5.38. The number of ether oxygens (including phenoxy) is 2. The molecule has 2 aromatic carbocycles. The summed E-state index contributed by atoms with van der Waals surface area (Å²) in [6.45, 7) is 0.520. The second-order valence-corrected chi connectivity index (χ2v) is 10.2. The molecule has 1 saturated carbocycles. The van der Waals surface area contributed by atoms with Gasteiger partial charge in [0.15, 0.2) is 0 Å². The summed E-state index contributed by atoms with van der Waals surface area (Å²) >= 11 is 2.19. The van der Waals surface area contributed by atoms with E-state index in [-0.39, 0.29) is 19.1 Å². The van der Waals surface area contributed by atoms with Crippen molar-refractivity contribution in [3.05, 3.63) is 82.2 Å². The van der Waals surface area contributed by atoms with Crippen LogP contribution < -0.4 is 0 Å². The molecular weight excluding hydrogens is 545 g/mol. The molecule has 0 amide bonds. The minimum absolute atomic E-state index is 0.182. The fraction of sp³-hybridized carbons (Fsp3) is 0.455. The molecule has 0 bridgehead atoms. The Kier molecular flexibility index (Phi) is 9.33. The number of azide groups is 1. The van der Waals surface area contributed by atoms with Crippen LogP contribution in [0.4, 0.5) is 0 Å². The molecule has 1 aliphatic carbocycles. The average molecular weight is 571 g/mol. The summed E-state index contributed by atoms with van der Waals surface area (Å²) in [7, 11) is -3.75. The van der Waals surface area contributed by atoms with Gasteiger partial charge in [-0.3, -0.25) is 4.18 Å². The van der Waals surface area contributed by atoms with Crippen LogP contribution in [0.25, 0.3) is 10.4 Å². The number of halogens is 1. The molecule has 0 radical (unpaired) electrons. The second kappa shape index (κ2) is 12.0. The Morgan fingerprint density at radius 2 is 1.50 bits per heavy atom. The van der Waals surface area contributed by atoms with Gasteiger partial charge in [0.1, 0.15) is 12.2 Å². The van der Waals surface area contributed by atoms with Crippen LogP contribution in [0, 0.1) is 5.92 Å². The number of nitrogens with zero attached hydrogens (tertiary/aromatic N) is 3. The molecule has 0 N–H and O–H groups in total. The zero-order valence-electron chi connectivity index (χ0n) is 17.7. The lowest BCUT2D eigenvalue weighted by molar-refractivity contribution is -0.162. The van der Waals surface area contributed by atoms with Crippen LogP contribution in [-0.4, -0.2) is 43.5 Å². The van der Waals surface area contributed by atoms with Gasteiger partial charge in [-0.05, 0) is 29.0 Å². The summed E-state index contributed by atoms with van der Waals surface area (Å²) in [5.74, 6) is -0.182. The summed E-state index contributed by atoms with van der Waals surface area (Å²) in [6.07, 6.45) is -0.683. The van der Waals surface area contributed by atoms with Gasteiger partial charge in [-0.25, -0.2) is 0 Å². The normalized spacial score (nSPS) is 25.8. The summed E-state index contributed by atoms with van der Waals surface area (Å²) in [4.78, 5) is 3.01. The van der Waals surface area contributed by atoms with Gasteiger partial charge in [0.05, 0.1) is 31.6 Å². The predicted molar refractivity (Wildman–Crippen MR) is 130 cm³/mol. The summed E-state index contributed by atoms with van der Waals surface area (Å²) in [5.41, 5.74) is 11.0. The Labute approximate surface area is 202 Å². The first-order chi connectivity index (χ1) is 15.4. The third kappa shape index (κ3) is 7.16. The molecule has 2 aromatic rings. The number of hydrogen-bond donors (Lipinski definition) is 0. The van der Waals surface area contributed by atoms with Gasteiger partial charge in [0.25, 0.3) is 10.1 Å². The Hall–Kier alpha value is -1.69. The van der Waals surface area contributed by atoms with Crippen LogP contribution in [0.5, 0.6) is 0 Å². The molecule has 32 heavy (non-hydrogen) atoms. The van der Waals surface area contributed by atoms with E-state index in [2.05, 4.69) is 32.6 Å². The Bertz CT molecular complexity index is 1000. The molecule has 1 fully saturated rings. The molecule has 1 aliphatic rings. The SMILES string of the molecule is CS(=O)(=O)O[C@H]1[C@H](CI)C[C@@H](N=[N+]=[N-])[C@@H](OCc2ccccc2)[C@@H]1OCc1ccccc1. The van der Waals surface area contributed by atoms with Gasteiger partial charge < -0.3 is 9.47 Å². The summed E-state index contributed by atoms with van der Waals surface area (Å²) < 4.78 is 42.7. The Morgan fingerprint density at radius 3 is 1.97 bits per heavy atom. The lowest BCUT2D eigenvalue weighted by Crippen LogP contribution is -2.56. The highest BCUT2D eigenvalue weighted by Crippen LogP contribution is 2.36. The third-order valence-corrected chi connectivity index (χ3v) is 6.99. The number of alkyl halides is 1. The molecule has 0 unspecified atom stereocenters. The number of benzene rings is 2. The van der Waals surface area contributed by atoms with E-state index in [9.17, 15) is 8.42 Å². The van der Waals surface area contributed by atoms with E-state index in [1.54, 1.807) is 0 Å². The van der Waals surface area contributed by atoms with Crippen molar-refractivity contribution in [1.29, 1.82) is 0 Å². The van der Waals surface area contributed by atoms with Crippen LogP contribution in [0.3, 0.4) is 0 Å². The standard InChI is InChI=1S/C22H26IN3O5S/c1-32(27,28)31-20-18(13-23)12-19(25-26-24)21(29-14-16-8-4-2-5-9-16)22(20)30-15-17-10-6-3-7-11-17/h2-11,18-22H,12-15H2,1H3/t18-,19+,20-,21+,22+/m0/s1. The van der Waals surface area contributed by atoms with E-state index in [0.717, 1.165) is 17.4 Å². The highest BCUT2D eigenvalue weighted by molar-refractivity contribution is 14.1. The monoisotopic (exact) mass is 571 g/mol. The third-order valence-electron chi connectivity index (χ3n) is 5.29. The zero-order valence-corrected chi connectivity index (χ0v) is 20.6. The molecule has 0 heterocycles. The van der Waals surface area contributed by atoms with Gasteiger partial charge in [-0.1, -0.05) is 88.4 Å². The van der Waals surface area contributed by atoms with Crippen LogP contribution in [0.1, 0.15) is 17.5 Å².